The van der Waals surface area contributed by atoms with E-state index in [9.17, 15) is 9.59 Å². The minimum absolute atomic E-state index is 0.586. The van der Waals surface area contributed by atoms with Crippen molar-refractivity contribution >= 4 is 11.8 Å². The second kappa shape index (κ2) is 2.83. The SMILES string of the molecule is C=C(C([NH])=O)C(=O)NO. The third-order valence-corrected chi connectivity index (χ3v) is 0.650. The van der Waals surface area contributed by atoms with Gasteiger partial charge in [-0.15, -0.1) is 0 Å². The molecule has 5 nitrogen and oxygen atoms in total. The smallest absolute Gasteiger partial charge is 0.279 e. The van der Waals surface area contributed by atoms with Gasteiger partial charge in [-0.3, -0.25) is 20.5 Å². The normalized spacial score (nSPS) is 8.11. The standard InChI is InChI=1S/C4H5N2O3/c1-2(3(5)7)4(8)6-9/h5,9H,1H2,(H,6,8). The van der Waals surface area contributed by atoms with Crippen LogP contribution in [0, 0.1) is 0 Å². The molecule has 0 rings (SSSR count). The fraction of sp³-hybridized carbons (Fsp3) is 0. The second-order valence-electron chi connectivity index (χ2n) is 1.25. The van der Waals surface area contributed by atoms with E-state index < -0.39 is 17.4 Å². The summed E-state index contributed by atoms with van der Waals surface area (Å²) in [5.74, 6) is -2.25. The minimum atomic E-state index is -1.21. The lowest BCUT2D eigenvalue weighted by atomic mass is 10.3. The van der Waals surface area contributed by atoms with Crippen LogP contribution in [-0.2, 0) is 9.59 Å². The van der Waals surface area contributed by atoms with Crippen molar-refractivity contribution in [2.45, 2.75) is 0 Å². The van der Waals surface area contributed by atoms with Crippen LogP contribution in [0.2, 0.25) is 0 Å². The van der Waals surface area contributed by atoms with Crippen LogP contribution >= 0.6 is 0 Å². The van der Waals surface area contributed by atoms with E-state index in [0.717, 1.165) is 0 Å². The molecule has 0 atom stereocenters. The number of nitrogens with one attached hydrogen (secondary N) is 2. The van der Waals surface area contributed by atoms with E-state index in [1.807, 2.05) is 0 Å². The van der Waals surface area contributed by atoms with Crippen LogP contribution in [-0.4, -0.2) is 17.0 Å². The Hall–Kier alpha value is -1.36. The van der Waals surface area contributed by atoms with Gasteiger partial charge >= 0.3 is 0 Å². The topological polar surface area (TPSA) is 90.2 Å². The first-order chi connectivity index (χ1) is 4.09. The molecule has 0 unspecified atom stereocenters. The first kappa shape index (κ1) is 7.64. The molecule has 0 aromatic rings. The number of carbonyl (C=O) groups excluding carboxylic acids is 2. The van der Waals surface area contributed by atoms with Crippen LogP contribution in [0.4, 0.5) is 0 Å². The number of hydrogen-bond acceptors (Lipinski definition) is 3. The summed E-state index contributed by atoms with van der Waals surface area (Å²) in [6.07, 6.45) is 0. The van der Waals surface area contributed by atoms with Gasteiger partial charge in [-0.1, -0.05) is 6.58 Å². The molecule has 0 fully saturated rings. The molecule has 0 aliphatic carbocycles. The molecule has 1 radical (unpaired) electrons. The van der Waals surface area contributed by atoms with Crippen LogP contribution in [0.1, 0.15) is 0 Å². The Labute approximate surface area is 51.1 Å². The summed E-state index contributed by atoms with van der Waals surface area (Å²) in [6.45, 7) is 2.92. The summed E-state index contributed by atoms with van der Waals surface area (Å²) >= 11 is 0. The molecule has 0 saturated heterocycles. The first-order valence-electron chi connectivity index (χ1n) is 1.99. The van der Waals surface area contributed by atoms with Gasteiger partial charge in [-0.05, 0) is 0 Å². The summed E-state index contributed by atoms with van der Waals surface area (Å²) in [5, 5.41) is 7.86. The monoisotopic (exact) mass is 129 g/mol. The molecule has 0 aliphatic rings. The molecule has 0 aromatic carbocycles. The van der Waals surface area contributed by atoms with Crippen LogP contribution in [0.5, 0.6) is 0 Å². The molecule has 9 heavy (non-hydrogen) atoms. The van der Waals surface area contributed by atoms with Crippen molar-refractivity contribution in [1.29, 1.82) is 0 Å². The second-order valence-corrected chi connectivity index (χ2v) is 1.25. The highest BCUT2D eigenvalue weighted by Gasteiger charge is 2.10. The van der Waals surface area contributed by atoms with E-state index >= 15 is 0 Å². The maximum absolute atomic E-state index is 10.2. The van der Waals surface area contributed by atoms with Crippen LogP contribution in [0.15, 0.2) is 12.2 Å². The maximum atomic E-state index is 10.2. The summed E-state index contributed by atoms with van der Waals surface area (Å²) in [4.78, 5) is 20.1. The summed E-state index contributed by atoms with van der Waals surface area (Å²) in [6, 6.07) is 0. The van der Waals surface area contributed by atoms with Gasteiger partial charge in [0.1, 0.15) is 5.57 Å². The predicted molar refractivity (Wildman–Crippen MR) is 27.2 cm³/mol. The number of hydroxylamine groups is 1. The van der Waals surface area contributed by atoms with Crippen LogP contribution in [0.25, 0.3) is 0 Å². The average Bonchev–Trinajstić information content (AvgIpc) is 1.84. The third kappa shape index (κ3) is 1.92. The molecule has 0 spiro atoms. The lowest BCUT2D eigenvalue weighted by Crippen LogP contribution is -2.24. The van der Waals surface area contributed by atoms with Crippen molar-refractivity contribution in [1.82, 2.24) is 11.2 Å². The average molecular weight is 129 g/mol. The van der Waals surface area contributed by atoms with Gasteiger partial charge in [-0.25, -0.2) is 5.48 Å². The van der Waals surface area contributed by atoms with Crippen molar-refractivity contribution in [3.8, 4) is 0 Å². The molecule has 49 valence electrons. The zero-order chi connectivity index (χ0) is 7.44. The van der Waals surface area contributed by atoms with E-state index in [-0.39, 0.29) is 0 Å². The van der Waals surface area contributed by atoms with Gasteiger partial charge in [0.15, 0.2) is 0 Å². The predicted octanol–water partition coefficient (Wildman–Crippen LogP) is -1.14. The highest BCUT2D eigenvalue weighted by atomic mass is 16.5. The lowest BCUT2D eigenvalue weighted by Gasteiger charge is -1.93. The first-order valence-corrected chi connectivity index (χ1v) is 1.99. The van der Waals surface area contributed by atoms with Crippen LogP contribution < -0.4 is 11.2 Å². The van der Waals surface area contributed by atoms with Gasteiger partial charge in [-0.2, -0.15) is 0 Å². The minimum Gasteiger partial charge on any atom is -0.288 e. The Morgan fingerprint density at radius 3 is 2.11 bits per heavy atom. The lowest BCUT2D eigenvalue weighted by molar-refractivity contribution is -0.128. The van der Waals surface area contributed by atoms with E-state index in [1.54, 1.807) is 0 Å². The maximum Gasteiger partial charge on any atom is 0.279 e. The largest absolute Gasteiger partial charge is 0.288 e. The van der Waals surface area contributed by atoms with Gasteiger partial charge in [0.2, 0.25) is 0 Å². The molecule has 0 heterocycles. The van der Waals surface area contributed by atoms with Crippen molar-refractivity contribution in [2.75, 3.05) is 0 Å². The fourth-order valence-electron chi connectivity index (χ4n) is 0.171. The van der Waals surface area contributed by atoms with Crippen molar-refractivity contribution in [3.63, 3.8) is 0 Å². The molecule has 0 bridgehead atoms. The van der Waals surface area contributed by atoms with Gasteiger partial charge in [0.05, 0.1) is 0 Å². The molecular weight excluding hydrogens is 124 g/mol. The van der Waals surface area contributed by atoms with Gasteiger partial charge in [0, 0.05) is 0 Å². The Balaban J connectivity index is 4.05. The van der Waals surface area contributed by atoms with Gasteiger partial charge < -0.3 is 0 Å². The molecular formula is C4H5N2O3. The zero-order valence-electron chi connectivity index (χ0n) is 4.47. The van der Waals surface area contributed by atoms with Gasteiger partial charge in [0.25, 0.3) is 11.8 Å². The molecule has 2 amide bonds. The highest BCUT2D eigenvalue weighted by Crippen LogP contribution is 1.86. The van der Waals surface area contributed by atoms with E-state index in [4.69, 9.17) is 10.9 Å². The Morgan fingerprint density at radius 2 is 2.00 bits per heavy atom. The molecule has 0 saturated carbocycles. The summed E-state index contributed by atoms with van der Waals surface area (Å²) < 4.78 is 0. The van der Waals surface area contributed by atoms with E-state index in [0.29, 0.717) is 0 Å². The number of hydrogen-bond donors (Lipinski definition) is 2. The fourth-order valence-corrected chi connectivity index (χ4v) is 0.171. The quantitative estimate of drug-likeness (QED) is 0.162. The van der Waals surface area contributed by atoms with E-state index in [2.05, 4.69) is 6.58 Å². The summed E-state index contributed by atoms with van der Waals surface area (Å²) in [7, 11) is 0. The Bertz CT molecular complexity index is 163. The highest BCUT2D eigenvalue weighted by molar-refractivity contribution is 6.16. The number of rotatable bonds is 2. The molecule has 3 N–H and O–H groups in total. The van der Waals surface area contributed by atoms with Crippen LogP contribution in [0.3, 0.4) is 0 Å². The molecule has 0 aliphatic heterocycles. The molecule has 0 aromatic heterocycles. The third-order valence-electron chi connectivity index (χ3n) is 0.650. The van der Waals surface area contributed by atoms with Crippen molar-refractivity contribution in [3.05, 3.63) is 12.2 Å². The number of carbonyl (C=O) groups is 2. The van der Waals surface area contributed by atoms with E-state index in [1.165, 1.54) is 5.48 Å². The Kier molecular flexibility index (Phi) is 2.40. The van der Waals surface area contributed by atoms with Crippen molar-refractivity contribution < 1.29 is 14.8 Å². The summed E-state index contributed by atoms with van der Waals surface area (Å²) in [5.41, 5.74) is 6.89. The zero-order valence-corrected chi connectivity index (χ0v) is 4.47. The number of amides is 2. The Morgan fingerprint density at radius 1 is 1.56 bits per heavy atom. The van der Waals surface area contributed by atoms with Crippen molar-refractivity contribution in [2.24, 2.45) is 0 Å². The molecule has 5 heteroatoms.